The molecule has 0 fully saturated rings. The summed E-state index contributed by atoms with van der Waals surface area (Å²) >= 11 is 0. The normalized spacial score (nSPS) is 11.9. The average molecular weight is 388 g/mol. The maximum atomic E-state index is 12.7. The number of hydrogen-bond acceptors (Lipinski definition) is 6. The molecule has 1 atom stereocenters. The van der Waals surface area contributed by atoms with Crippen LogP contribution in [0.3, 0.4) is 0 Å². The molecular formula is C19H24N4O5. The Morgan fingerprint density at radius 2 is 1.79 bits per heavy atom. The molecule has 0 aliphatic rings. The summed E-state index contributed by atoms with van der Waals surface area (Å²) in [6.45, 7) is 7.58. The third-order valence-corrected chi connectivity index (χ3v) is 3.83. The van der Waals surface area contributed by atoms with Gasteiger partial charge in [-0.2, -0.15) is 5.10 Å². The third-order valence-electron chi connectivity index (χ3n) is 3.83. The van der Waals surface area contributed by atoms with Crippen LogP contribution in [-0.4, -0.2) is 40.3 Å². The fraction of sp³-hybridized carbons (Fsp3) is 0.421. The standard InChI is InChI=1S/C19H24N4O5/c1-5-20-19(27)21-16(24)12(4)28-18(26)15-13-8-6-7-9-14(13)17(25)23(22-15)10-11(2)3/h6-9,11-12H,5,10H2,1-4H3,(H2,20,21,24,27)/t12-/m1/s1. The first kappa shape index (κ1) is 21.1. The van der Waals surface area contributed by atoms with E-state index in [4.69, 9.17) is 4.74 Å². The molecule has 0 bridgehead atoms. The van der Waals surface area contributed by atoms with Crippen molar-refractivity contribution >= 4 is 28.7 Å². The first-order valence-electron chi connectivity index (χ1n) is 9.04. The van der Waals surface area contributed by atoms with Crippen molar-refractivity contribution in [3.63, 3.8) is 0 Å². The van der Waals surface area contributed by atoms with Crippen LogP contribution < -0.4 is 16.2 Å². The van der Waals surface area contributed by atoms with E-state index in [1.807, 2.05) is 13.8 Å². The van der Waals surface area contributed by atoms with Crippen LogP contribution in [0.4, 0.5) is 4.79 Å². The van der Waals surface area contributed by atoms with Crippen molar-refractivity contribution in [2.24, 2.45) is 5.92 Å². The van der Waals surface area contributed by atoms with Gasteiger partial charge in [0.2, 0.25) is 0 Å². The fourth-order valence-electron chi connectivity index (χ4n) is 2.54. The zero-order valence-electron chi connectivity index (χ0n) is 16.3. The number of carbonyl (C=O) groups excluding carboxylic acids is 3. The van der Waals surface area contributed by atoms with Crippen molar-refractivity contribution in [1.82, 2.24) is 20.4 Å². The molecule has 1 aromatic carbocycles. The van der Waals surface area contributed by atoms with Crippen molar-refractivity contribution < 1.29 is 19.1 Å². The van der Waals surface area contributed by atoms with Crippen molar-refractivity contribution in [3.8, 4) is 0 Å². The summed E-state index contributed by atoms with van der Waals surface area (Å²) in [5.74, 6) is -1.48. The Labute approximate surface area is 162 Å². The highest BCUT2D eigenvalue weighted by atomic mass is 16.5. The fourth-order valence-corrected chi connectivity index (χ4v) is 2.54. The van der Waals surface area contributed by atoms with Gasteiger partial charge < -0.3 is 10.1 Å². The Balaban J connectivity index is 2.32. The molecule has 150 valence electrons. The maximum Gasteiger partial charge on any atom is 0.360 e. The minimum absolute atomic E-state index is 0.0616. The molecule has 0 saturated carbocycles. The lowest BCUT2D eigenvalue weighted by atomic mass is 10.1. The van der Waals surface area contributed by atoms with Gasteiger partial charge in [0.25, 0.3) is 11.5 Å². The van der Waals surface area contributed by atoms with Gasteiger partial charge in [-0.1, -0.05) is 32.0 Å². The molecular weight excluding hydrogens is 364 g/mol. The molecule has 1 heterocycles. The summed E-state index contributed by atoms with van der Waals surface area (Å²) in [5, 5.41) is 9.33. The molecule has 1 aromatic heterocycles. The van der Waals surface area contributed by atoms with Gasteiger partial charge in [0, 0.05) is 18.5 Å². The van der Waals surface area contributed by atoms with Gasteiger partial charge in [0.15, 0.2) is 11.8 Å². The van der Waals surface area contributed by atoms with E-state index in [9.17, 15) is 19.2 Å². The molecule has 0 saturated heterocycles. The first-order chi connectivity index (χ1) is 13.2. The van der Waals surface area contributed by atoms with Crippen molar-refractivity contribution in [2.75, 3.05) is 6.54 Å². The van der Waals surface area contributed by atoms with Crippen molar-refractivity contribution in [3.05, 3.63) is 40.3 Å². The van der Waals surface area contributed by atoms with Crippen LogP contribution in [0.1, 0.15) is 38.2 Å². The number of nitrogens with zero attached hydrogens (tertiary/aromatic N) is 2. The molecule has 3 amide bonds. The van der Waals surface area contributed by atoms with Crippen LogP contribution in [-0.2, 0) is 16.1 Å². The van der Waals surface area contributed by atoms with Crippen LogP contribution in [0.5, 0.6) is 0 Å². The summed E-state index contributed by atoms with van der Waals surface area (Å²) in [6.07, 6.45) is -1.22. The lowest BCUT2D eigenvalue weighted by molar-refractivity contribution is -0.127. The SMILES string of the molecule is CCNC(=O)NC(=O)[C@@H](C)OC(=O)c1nn(CC(C)C)c(=O)c2ccccc12. The topological polar surface area (TPSA) is 119 Å². The minimum atomic E-state index is -1.22. The lowest BCUT2D eigenvalue weighted by Gasteiger charge is -2.15. The van der Waals surface area contributed by atoms with E-state index in [0.717, 1.165) is 0 Å². The van der Waals surface area contributed by atoms with E-state index in [0.29, 0.717) is 23.9 Å². The maximum absolute atomic E-state index is 12.7. The van der Waals surface area contributed by atoms with Gasteiger partial charge in [0.1, 0.15) is 0 Å². The quantitative estimate of drug-likeness (QED) is 0.723. The highest BCUT2D eigenvalue weighted by Gasteiger charge is 2.24. The van der Waals surface area contributed by atoms with Crippen LogP contribution in [0.2, 0.25) is 0 Å². The second-order valence-corrected chi connectivity index (χ2v) is 6.67. The smallest absolute Gasteiger partial charge is 0.360 e. The average Bonchev–Trinajstić information content (AvgIpc) is 2.63. The number of urea groups is 1. The second-order valence-electron chi connectivity index (χ2n) is 6.67. The molecule has 0 unspecified atom stereocenters. The van der Waals surface area contributed by atoms with Crippen molar-refractivity contribution in [2.45, 2.75) is 40.3 Å². The number of carbonyl (C=O) groups is 3. The molecule has 2 aromatic rings. The number of nitrogens with one attached hydrogen (secondary N) is 2. The van der Waals surface area contributed by atoms with Gasteiger partial charge in [0.05, 0.1) is 5.39 Å². The summed E-state index contributed by atoms with van der Waals surface area (Å²) < 4.78 is 6.40. The molecule has 0 aliphatic heterocycles. The second kappa shape index (κ2) is 9.12. The summed E-state index contributed by atoms with van der Waals surface area (Å²) in [4.78, 5) is 48.7. The molecule has 2 N–H and O–H groups in total. The number of ether oxygens (including phenoxy) is 1. The monoisotopic (exact) mass is 388 g/mol. The Bertz CT molecular complexity index is 951. The van der Waals surface area contributed by atoms with E-state index in [2.05, 4.69) is 15.7 Å². The molecule has 0 spiro atoms. The van der Waals surface area contributed by atoms with Crippen LogP contribution in [0, 0.1) is 5.92 Å². The number of fused-ring (bicyclic) bond motifs is 1. The third kappa shape index (κ3) is 4.93. The molecule has 9 nitrogen and oxygen atoms in total. The summed E-state index contributed by atoms with van der Waals surface area (Å²) in [6, 6.07) is 5.90. The van der Waals surface area contributed by atoms with Crippen LogP contribution in [0.15, 0.2) is 29.1 Å². The van der Waals surface area contributed by atoms with Gasteiger partial charge >= 0.3 is 12.0 Å². The van der Waals surface area contributed by atoms with E-state index in [1.165, 1.54) is 11.6 Å². The van der Waals surface area contributed by atoms with E-state index < -0.39 is 24.0 Å². The van der Waals surface area contributed by atoms with Gasteiger partial charge in [-0.3, -0.25) is 14.9 Å². The molecule has 28 heavy (non-hydrogen) atoms. The number of imide groups is 1. The molecule has 0 radical (unpaired) electrons. The number of esters is 1. The number of benzene rings is 1. The number of hydrogen-bond donors (Lipinski definition) is 2. The number of rotatable bonds is 6. The zero-order valence-corrected chi connectivity index (χ0v) is 16.3. The minimum Gasteiger partial charge on any atom is -0.448 e. The Morgan fingerprint density at radius 3 is 2.39 bits per heavy atom. The lowest BCUT2D eigenvalue weighted by Crippen LogP contribution is -2.44. The van der Waals surface area contributed by atoms with Crippen LogP contribution >= 0.6 is 0 Å². The number of amides is 3. The first-order valence-corrected chi connectivity index (χ1v) is 9.04. The predicted molar refractivity (Wildman–Crippen MR) is 103 cm³/mol. The number of aromatic nitrogens is 2. The zero-order chi connectivity index (χ0) is 20.8. The van der Waals surface area contributed by atoms with E-state index in [1.54, 1.807) is 31.2 Å². The molecule has 2 rings (SSSR count). The Kier molecular flexibility index (Phi) is 6.86. The molecule has 9 heteroatoms. The van der Waals surface area contributed by atoms with Crippen LogP contribution in [0.25, 0.3) is 10.8 Å². The predicted octanol–water partition coefficient (Wildman–Crippen LogP) is 1.44. The highest BCUT2D eigenvalue weighted by Crippen LogP contribution is 2.15. The van der Waals surface area contributed by atoms with Crippen molar-refractivity contribution in [1.29, 1.82) is 0 Å². The Morgan fingerprint density at radius 1 is 1.14 bits per heavy atom. The van der Waals surface area contributed by atoms with Gasteiger partial charge in [-0.15, -0.1) is 0 Å². The van der Waals surface area contributed by atoms with E-state index >= 15 is 0 Å². The van der Waals surface area contributed by atoms with E-state index in [-0.39, 0.29) is 17.2 Å². The van der Waals surface area contributed by atoms with Gasteiger partial charge in [-0.05, 0) is 25.8 Å². The summed E-state index contributed by atoms with van der Waals surface area (Å²) in [7, 11) is 0. The Hall–Kier alpha value is -3.23. The summed E-state index contributed by atoms with van der Waals surface area (Å²) in [5.41, 5.74) is -0.364. The molecule has 0 aliphatic carbocycles. The highest BCUT2D eigenvalue weighted by molar-refractivity contribution is 6.03. The largest absolute Gasteiger partial charge is 0.448 e. The van der Waals surface area contributed by atoms with Gasteiger partial charge in [-0.25, -0.2) is 14.3 Å².